The molecule has 0 radical (unpaired) electrons. The second-order valence-electron chi connectivity index (χ2n) is 1.78. The summed E-state index contributed by atoms with van der Waals surface area (Å²) in [5.74, 6) is 0. The third-order valence-electron chi connectivity index (χ3n) is 0.509. The molecule has 0 amide bonds. The Hall–Kier alpha value is -0.0500. The number of rotatable bonds is 1. The predicted molar refractivity (Wildman–Crippen MR) is 29.2 cm³/mol. The average molecular weight is 122 g/mol. The highest BCUT2D eigenvalue weighted by Crippen LogP contribution is 2.10. The van der Waals surface area contributed by atoms with E-state index in [2.05, 4.69) is 12.6 Å². The van der Waals surface area contributed by atoms with Crippen LogP contribution in [-0.4, -0.2) is 10.8 Å². The Kier molecular flexibility index (Phi) is 1.81. The summed E-state index contributed by atoms with van der Waals surface area (Å²) in [7, 11) is 0. The minimum atomic E-state index is -1.77. The van der Waals surface area contributed by atoms with Gasteiger partial charge in [-0.25, -0.2) is 4.39 Å². The molecule has 0 aliphatic carbocycles. The molecule has 0 fully saturated rings. The van der Waals surface area contributed by atoms with Gasteiger partial charge in [0, 0.05) is 0 Å². The van der Waals surface area contributed by atoms with E-state index in [1.807, 2.05) is 0 Å². The number of halogens is 1. The van der Waals surface area contributed by atoms with E-state index in [1.54, 1.807) is 0 Å². The van der Waals surface area contributed by atoms with Gasteiger partial charge in [-0.05, 0) is 13.8 Å². The van der Waals surface area contributed by atoms with Crippen molar-refractivity contribution in [3.63, 3.8) is 0 Å². The molecule has 0 saturated carbocycles. The van der Waals surface area contributed by atoms with Gasteiger partial charge in [-0.15, -0.1) is 12.6 Å². The first-order valence-electron chi connectivity index (χ1n) is 1.87. The first-order valence-corrected chi connectivity index (χ1v) is 2.31. The van der Waals surface area contributed by atoms with Crippen molar-refractivity contribution >= 4 is 17.7 Å². The molecule has 7 heavy (non-hydrogen) atoms. The minimum absolute atomic E-state index is 0.729. The molecule has 42 valence electrons. The number of thiol groups is 1. The van der Waals surface area contributed by atoms with Gasteiger partial charge in [-0.1, -0.05) is 0 Å². The number of hydrogen-bond donors (Lipinski definition) is 1. The second kappa shape index (κ2) is 1.82. The van der Waals surface area contributed by atoms with Crippen LogP contribution < -0.4 is 0 Å². The van der Waals surface area contributed by atoms with E-state index >= 15 is 0 Å². The van der Waals surface area contributed by atoms with Crippen molar-refractivity contribution in [2.45, 2.75) is 19.5 Å². The normalized spacial score (nSPS) is 11.4. The van der Waals surface area contributed by atoms with Gasteiger partial charge in [-0.2, -0.15) is 0 Å². The van der Waals surface area contributed by atoms with Crippen LogP contribution in [0.3, 0.4) is 0 Å². The van der Waals surface area contributed by atoms with Crippen molar-refractivity contribution in [2.24, 2.45) is 0 Å². The molecule has 0 bridgehead atoms. The Labute approximate surface area is 47.3 Å². The number of hydrogen-bond acceptors (Lipinski definition) is 1. The van der Waals surface area contributed by atoms with Crippen LogP contribution in [-0.2, 0) is 4.79 Å². The lowest BCUT2D eigenvalue weighted by Crippen LogP contribution is -2.20. The molecule has 1 nitrogen and oxygen atoms in total. The summed E-state index contributed by atoms with van der Waals surface area (Å²) in [6.07, 6.45) is 0. The summed E-state index contributed by atoms with van der Waals surface area (Å²) in [4.78, 5) is 9.95. The van der Waals surface area contributed by atoms with E-state index in [0.717, 1.165) is 0 Å². The van der Waals surface area contributed by atoms with Gasteiger partial charge in [-0.3, -0.25) is 4.79 Å². The van der Waals surface area contributed by atoms with Crippen LogP contribution in [0.2, 0.25) is 0 Å². The Morgan fingerprint density at radius 3 is 1.86 bits per heavy atom. The number of carbonyl (C=O) groups excluding carboxylic acids is 1. The lowest BCUT2D eigenvalue weighted by atomic mass is 10.2. The molecule has 3 heteroatoms. The summed E-state index contributed by atoms with van der Waals surface area (Å²) < 4.78 is 12.1. The van der Waals surface area contributed by atoms with E-state index < -0.39 is 10.8 Å². The summed E-state index contributed by atoms with van der Waals surface area (Å²) in [5.41, 5.74) is -1.77. The highest BCUT2D eigenvalue weighted by atomic mass is 32.1. The monoisotopic (exact) mass is 122 g/mol. The smallest absolute Gasteiger partial charge is 0.222 e. The molecule has 0 atom stereocenters. The van der Waals surface area contributed by atoms with Crippen molar-refractivity contribution in [3.8, 4) is 0 Å². The van der Waals surface area contributed by atoms with Gasteiger partial charge in [0.2, 0.25) is 5.12 Å². The lowest BCUT2D eigenvalue weighted by Gasteiger charge is -2.05. The van der Waals surface area contributed by atoms with Crippen LogP contribution in [0.15, 0.2) is 0 Å². The Morgan fingerprint density at radius 2 is 1.86 bits per heavy atom. The van der Waals surface area contributed by atoms with Crippen molar-refractivity contribution in [2.75, 3.05) is 0 Å². The topological polar surface area (TPSA) is 17.1 Å². The van der Waals surface area contributed by atoms with Gasteiger partial charge >= 0.3 is 0 Å². The zero-order valence-electron chi connectivity index (χ0n) is 4.23. The fourth-order valence-corrected chi connectivity index (χ4v) is 0. The fraction of sp³-hybridized carbons (Fsp3) is 0.750. The quantitative estimate of drug-likeness (QED) is 0.517. The zero-order chi connectivity index (χ0) is 6.08. The Balaban J connectivity index is 3.79. The Bertz CT molecular complexity index is 84.2. The van der Waals surface area contributed by atoms with E-state index in [0.29, 0.717) is 0 Å². The molecule has 0 unspecified atom stereocenters. The van der Waals surface area contributed by atoms with Crippen LogP contribution >= 0.6 is 12.6 Å². The molecular weight excluding hydrogens is 115 g/mol. The largest absolute Gasteiger partial charge is 0.284 e. The van der Waals surface area contributed by atoms with Crippen molar-refractivity contribution in [1.82, 2.24) is 0 Å². The first kappa shape index (κ1) is 6.95. The van der Waals surface area contributed by atoms with Crippen LogP contribution in [0, 0.1) is 0 Å². The molecule has 0 rings (SSSR count). The molecular formula is C4H7FOS. The molecule has 0 aliphatic rings. The summed E-state index contributed by atoms with van der Waals surface area (Å²) in [6.45, 7) is 2.34. The minimum Gasteiger partial charge on any atom is -0.284 e. The molecule has 0 heterocycles. The number of carbonyl (C=O) groups is 1. The van der Waals surface area contributed by atoms with Gasteiger partial charge in [0.15, 0.2) is 5.67 Å². The maximum Gasteiger partial charge on any atom is 0.222 e. The molecule has 0 N–H and O–H groups in total. The molecule has 0 aromatic rings. The summed E-state index contributed by atoms with van der Waals surface area (Å²) >= 11 is 3.26. The lowest BCUT2D eigenvalue weighted by molar-refractivity contribution is -0.119. The van der Waals surface area contributed by atoms with Crippen LogP contribution in [0.4, 0.5) is 4.39 Å². The fourth-order valence-electron chi connectivity index (χ4n) is 0. The van der Waals surface area contributed by atoms with Crippen LogP contribution in [0.1, 0.15) is 13.8 Å². The second-order valence-corrected chi connectivity index (χ2v) is 2.18. The van der Waals surface area contributed by atoms with E-state index in [4.69, 9.17) is 0 Å². The summed E-state index contributed by atoms with van der Waals surface area (Å²) in [5, 5.41) is -0.729. The molecule has 0 aromatic heterocycles. The third kappa shape index (κ3) is 2.62. The highest BCUT2D eigenvalue weighted by Gasteiger charge is 2.21. The molecule has 0 saturated heterocycles. The van der Waals surface area contributed by atoms with Crippen LogP contribution in [0.25, 0.3) is 0 Å². The van der Waals surface area contributed by atoms with E-state index in [-0.39, 0.29) is 0 Å². The van der Waals surface area contributed by atoms with E-state index in [1.165, 1.54) is 13.8 Å². The SMILES string of the molecule is CC(C)(F)C(=O)S. The Morgan fingerprint density at radius 1 is 1.71 bits per heavy atom. The van der Waals surface area contributed by atoms with Gasteiger partial charge in [0.25, 0.3) is 0 Å². The summed E-state index contributed by atoms with van der Waals surface area (Å²) in [6, 6.07) is 0. The van der Waals surface area contributed by atoms with E-state index in [9.17, 15) is 9.18 Å². The first-order chi connectivity index (χ1) is 2.94. The number of alkyl halides is 1. The molecule has 0 aromatic carbocycles. The van der Waals surface area contributed by atoms with Crippen molar-refractivity contribution in [1.29, 1.82) is 0 Å². The standard InChI is InChI=1S/C4H7FOS/c1-4(2,5)3(6)7/h1-2H3,(H,6,7). The van der Waals surface area contributed by atoms with Crippen molar-refractivity contribution < 1.29 is 9.18 Å². The maximum atomic E-state index is 12.1. The molecule has 0 spiro atoms. The van der Waals surface area contributed by atoms with Gasteiger partial charge < -0.3 is 0 Å². The zero-order valence-corrected chi connectivity index (χ0v) is 5.13. The average Bonchev–Trinajstić information content (AvgIpc) is 1.31. The third-order valence-corrected chi connectivity index (χ3v) is 1.04. The van der Waals surface area contributed by atoms with Crippen molar-refractivity contribution in [3.05, 3.63) is 0 Å². The predicted octanol–water partition coefficient (Wildman–Crippen LogP) is 1.19. The van der Waals surface area contributed by atoms with Gasteiger partial charge in [0.05, 0.1) is 0 Å². The van der Waals surface area contributed by atoms with Crippen LogP contribution in [0.5, 0.6) is 0 Å². The maximum absolute atomic E-state index is 12.1. The highest BCUT2D eigenvalue weighted by molar-refractivity contribution is 7.96. The van der Waals surface area contributed by atoms with Gasteiger partial charge in [0.1, 0.15) is 0 Å². The molecule has 0 aliphatic heterocycles.